The Labute approximate surface area is 128 Å². The van der Waals surface area contributed by atoms with Crippen LogP contribution in [-0.4, -0.2) is 31.4 Å². The number of aromatic nitrogens is 4. The van der Waals surface area contributed by atoms with Crippen LogP contribution >= 0.6 is 11.8 Å². The lowest BCUT2D eigenvalue weighted by atomic mass is 10.2. The van der Waals surface area contributed by atoms with Crippen molar-refractivity contribution in [2.24, 2.45) is 0 Å². The third-order valence-corrected chi connectivity index (χ3v) is 3.90. The third kappa shape index (κ3) is 4.29. The summed E-state index contributed by atoms with van der Waals surface area (Å²) in [5, 5.41) is 11.6. The van der Waals surface area contributed by atoms with Gasteiger partial charge in [-0.1, -0.05) is 17.8 Å². The lowest BCUT2D eigenvalue weighted by molar-refractivity contribution is -0.119. The fraction of sp³-hybridized carbons (Fsp3) is 0.429. The number of nitrogens with zero attached hydrogens (tertiary/aromatic N) is 4. The molecule has 2 aromatic rings. The molecule has 0 fully saturated rings. The van der Waals surface area contributed by atoms with Gasteiger partial charge in [-0.05, 0) is 32.9 Å². The quantitative estimate of drug-likeness (QED) is 0.829. The van der Waals surface area contributed by atoms with Crippen molar-refractivity contribution in [3.63, 3.8) is 0 Å². The summed E-state index contributed by atoms with van der Waals surface area (Å²) in [6.07, 6.45) is 3.40. The summed E-state index contributed by atoms with van der Waals surface area (Å²) in [6, 6.07) is 5.82. The molecular formula is C14H19N5OS. The van der Waals surface area contributed by atoms with Gasteiger partial charge in [-0.25, -0.2) is 0 Å². The van der Waals surface area contributed by atoms with Crippen LogP contribution in [0.3, 0.4) is 0 Å². The first kappa shape index (κ1) is 15.5. The minimum atomic E-state index is -0.109. The van der Waals surface area contributed by atoms with Crippen LogP contribution in [0.5, 0.6) is 0 Å². The molecule has 0 saturated carbocycles. The number of carbonyl (C=O) groups is 1. The van der Waals surface area contributed by atoms with Crippen molar-refractivity contribution in [3.8, 4) is 0 Å². The van der Waals surface area contributed by atoms with Crippen molar-refractivity contribution in [2.45, 2.75) is 38.0 Å². The zero-order chi connectivity index (χ0) is 15.2. The van der Waals surface area contributed by atoms with E-state index < -0.39 is 0 Å². The SMILES string of the molecule is CC(C)n1cnnc1SCC(=O)N[C@@H](C)c1ccccn1. The maximum atomic E-state index is 12.0. The van der Waals surface area contributed by atoms with Gasteiger partial charge in [0, 0.05) is 12.2 Å². The number of thioether (sulfide) groups is 1. The third-order valence-electron chi connectivity index (χ3n) is 2.94. The molecule has 21 heavy (non-hydrogen) atoms. The molecule has 112 valence electrons. The summed E-state index contributed by atoms with van der Waals surface area (Å²) < 4.78 is 1.94. The van der Waals surface area contributed by atoms with Crippen molar-refractivity contribution >= 4 is 17.7 Å². The lowest BCUT2D eigenvalue weighted by Gasteiger charge is -2.13. The molecule has 0 spiro atoms. The van der Waals surface area contributed by atoms with E-state index in [1.54, 1.807) is 12.5 Å². The summed E-state index contributed by atoms with van der Waals surface area (Å²) in [7, 11) is 0. The maximum absolute atomic E-state index is 12.0. The standard InChI is InChI=1S/C14H19N5OS/c1-10(2)19-9-16-18-14(19)21-8-13(20)17-11(3)12-6-4-5-7-15-12/h4-7,9-11H,8H2,1-3H3,(H,17,20)/t11-/m0/s1. The van der Waals surface area contributed by atoms with E-state index in [9.17, 15) is 4.79 Å². The molecule has 2 heterocycles. The van der Waals surface area contributed by atoms with Gasteiger partial charge in [0.15, 0.2) is 5.16 Å². The average Bonchev–Trinajstić information content (AvgIpc) is 2.94. The van der Waals surface area contributed by atoms with Crippen LogP contribution in [0.2, 0.25) is 0 Å². The Balaban J connectivity index is 1.86. The van der Waals surface area contributed by atoms with E-state index in [2.05, 4.69) is 34.3 Å². The van der Waals surface area contributed by atoms with Gasteiger partial charge >= 0.3 is 0 Å². The zero-order valence-corrected chi connectivity index (χ0v) is 13.2. The monoisotopic (exact) mass is 305 g/mol. The normalized spacial score (nSPS) is 12.4. The summed E-state index contributed by atoms with van der Waals surface area (Å²) in [4.78, 5) is 16.2. The minimum absolute atomic E-state index is 0.0449. The smallest absolute Gasteiger partial charge is 0.231 e. The highest BCUT2D eigenvalue weighted by molar-refractivity contribution is 7.99. The van der Waals surface area contributed by atoms with Crippen LogP contribution < -0.4 is 5.32 Å². The zero-order valence-electron chi connectivity index (χ0n) is 12.4. The Morgan fingerprint density at radius 2 is 2.19 bits per heavy atom. The van der Waals surface area contributed by atoms with Gasteiger partial charge in [-0.3, -0.25) is 9.78 Å². The van der Waals surface area contributed by atoms with E-state index >= 15 is 0 Å². The highest BCUT2D eigenvalue weighted by atomic mass is 32.2. The van der Waals surface area contributed by atoms with E-state index in [1.807, 2.05) is 29.7 Å². The molecule has 2 rings (SSSR count). The van der Waals surface area contributed by atoms with E-state index in [4.69, 9.17) is 0 Å². The molecular weight excluding hydrogens is 286 g/mol. The van der Waals surface area contributed by atoms with Gasteiger partial charge < -0.3 is 9.88 Å². The molecule has 1 atom stereocenters. The van der Waals surface area contributed by atoms with Gasteiger partial charge in [0.05, 0.1) is 17.5 Å². The van der Waals surface area contributed by atoms with Crippen molar-refractivity contribution in [1.82, 2.24) is 25.1 Å². The van der Waals surface area contributed by atoms with Crippen molar-refractivity contribution in [3.05, 3.63) is 36.4 Å². The first-order chi connectivity index (χ1) is 10.1. The van der Waals surface area contributed by atoms with Crippen molar-refractivity contribution in [2.75, 3.05) is 5.75 Å². The lowest BCUT2D eigenvalue weighted by Crippen LogP contribution is -2.28. The Morgan fingerprint density at radius 1 is 1.38 bits per heavy atom. The molecule has 0 aromatic carbocycles. The van der Waals surface area contributed by atoms with E-state index in [0.717, 1.165) is 10.9 Å². The molecule has 6 nitrogen and oxygen atoms in total. The topological polar surface area (TPSA) is 72.7 Å². The molecule has 0 aliphatic rings. The van der Waals surface area contributed by atoms with Gasteiger partial charge in [0.25, 0.3) is 0 Å². The predicted octanol–water partition coefficient (Wildman–Crippen LogP) is 2.22. The molecule has 0 unspecified atom stereocenters. The van der Waals surface area contributed by atoms with Crippen LogP contribution in [0.15, 0.2) is 35.9 Å². The number of rotatable bonds is 6. The summed E-state index contributed by atoms with van der Waals surface area (Å²) in [5.41, 5.74) is 0.848. The fourth-order valence-corrected chi connectivity index (χ4v) is 2.66. The number of hydrogen-bond donors (Lipinski definition) is 1. The van der Waals surface area contributed by atoms with Crippen molar-refractivity contribution in [1.29, 1.82) is 0 Å². The molecule has 0 aliphatic carbocycles. The van der Waals surface area contributed by atoms with Gasteiger partial charge in [0.2, 0.25) is 5.91 Å². The van der Waals surface area contributed by atoms with Crippen molar-refractivity contribution < 1.29 is 4.79 Å². The van der Waals surface area contributed by atoms with E-state index in [0.29, 0.717) is 5.75 Å². The Kier molecular flexibility index (Phi) is 5.32. The highest BCUT2D eigenvalue weighted by Crippen LogP contribution is 2.18. The number of hydrogen-bond acceptors (Lipinski definition) is 5. The van der Waals surface area contributed by atoms with Gasteiger partial charge in [-0.15, -0.1) is 10.2 Å². The highest BCUT2D eigenvalue weighted by Gasteiger charge is 2.13. The maximum Gasteiger partial charge on any atom is 0.231 e. The fourth-order valence-electron chi connectivity index (χ4n) is 1.81. The first-order valence-electron chi connectivity index (χ1n) is 6.80. The molecule has 0 aliphatic heterocycles. The largest absolute Gasteiger partial charge is 0.347 e. The summed E-state index contributed by atoms with van der Waals surface area (Å²) in [5.74, 6) is 0.263. The van der Waals surface area contributed by atoms with Gasteiger partial charge in [0.1, 0.15) is 6.33 Å². The Hall–Kier alpha value is -1.89. The van der Waals surface area contributed by atoms with Crippen LogP contribution in [0.25, 0.3) is 0 Å². The van der Waals surface area contributed by atoms with Crippen LogP contribution in [0, 0.1) is 0 Å². The summed E-state index contributed by atoms with van der Waals surface area (Å²) >= 11 is 1.38. The van der Waals surface area contributed by atoms with Crippen LogP contribution in [0.4, 0.5) is 0 Å². The van der Waals surface area contributed by atoms with Gasteiger partial charge in [-0.2, -0.15) is 0 Å². The first-order valence-corrected chi connectivity index (χ1v) is 7.79. The number of pyridine rings is 1. The molecule has 0 saturated heterocycles. The second kappa shape index (κ2) is 7.21. The van der Waals surface area contributed by atoms with E-state index in [-0.39, 0.29) is 18.0 Å². The minimum Gasteiger partial charge on any atom is -0.347 e. The second-order valence-corrected chi connectivity index (χ2v) is 5.89. The number of carbonyl (C=O) groups excluding carboxylic acids is 1. The predicted molar refractivity (Wildman–Crippen MR) is 81.9 cm³/mol. The van der Waals surface area contributed by atoms with E-state index in [1.165, 1.54) is 11.8 Å². The Morgan fingerprint density at radius 3 is 2.86 bits per heavy atom. The molecule has 1 amide bonds. The summed E-state index contributed by atoms with van der Waals surface area (Å²) in [6.45, 7) is 6.02. The van der Waals surface area contributed by atoms with Crippen LogP contribution in [0.1, 0.15) is 38.5 Å². The number of nitrogens with one attached hydrogen (secondary N) is 1. The molecule has 1 N–H and O–H groups in total. The molecule has 7 heteroatoms. The number of amides is 1. The van der Waals surface area contributed by atoms with Crippen LogP contribution in [-0.2, 0) is 4.79 Å². The average molecular weight is 305 g/mol. The molecule has 2 aromatic heterocycles. The molecule has 0 bridgehead atoms. The molecule has 0 radical (unpaired) electrons. The Bertz CT molecular complexity index is 584. The second-order valence-electron chi connectivity index (χ2n) is 4.95.